The van der Waals surface area contributed by atoms with Crippen LogP contribution in [0.4, 0.5) is 5.69 Å². The Labute approximate surface area is 146 Å². The smallest absolute Gasteiger partial charge is 0.269 e. The van der Waals surface area contributed by atoms with Gasteiger partial charge in [-0.25, -0.2) is 4.99 Å². The predicted octanol–water partition coefficient (Wildman–Crippen LogP) is 2.96. The Kier molecular flexibility index (Phi) is 6.50. The van der Waals surface area contributed by atoms with Crippen molar-refractivity contribution in [1.29, 1.82) is 0 Å². The Balaban J connectivity index is 1.96. The fourth-order valence-corrected chi connectivity index (χ4v) is 2.09. The molecule has 0 aliphatic rings. The van der Waals surface area contributed by atoms with Crippen molar-refractivity contribution in [2.45, 2.75) is 39.8 Å². The summed E-state index contributed by atoms with van der Waals surface area (Å²) in [5.41, 5.74) is 1.89. The molecule has 0 fully saturated rings. The maximum atomic E-state index is 10.7. The van der Waals surface area contributed by atoms with E-state index < -0.39 is 4.92 Å². The first kappa shape index (κ1) is 18.4. The summed E-state index contributed by atoms with van der Waals surface area (Å²) < 4.78 is 5.29. The second-order valence-electron chi connectivity index (χ2n) is 5.85. The molecule has 0 spiro atoms. The molecule has 0 unspecified atom stereocenters. The van der Waals surface area contributed by atoms with Gasteiger partial charge in [0.2, 0.25) is 0 Å². The van der Waals surface area contributed by atoms with Gasteiger partial charge in [0.05, 0.1) is 23.7 Å². The Morgan fingerprint density at radius 1 is 1.32 bits per heavy atom. The molecule has 1 aromatic heterocycles. The molecule has 0 aliphatic carbocycles. The van der Waals surface area contributed by atoms with Crippen molar-refractivity contribution in [3.05, 3.63) is 57.5 Å². The van der Waals surface area contributed by atoms with E-state index in [1.165, 1.54) is 12.1 Å². The van der Waals surface area contributed by atoms with Crippen LogP contribution in [0.15, 0.2) is 39.8 Å². The van der Waals surface area contributed by atoms with E-state index in [1.807, 2.05) is 13.0 Å². The number of hydrogen-bond acceptors (Lipinski definition) is 5. The molecule has 0 amide bonds. The maximum Gasteiger partial charge on any atom is 0.269 e. The molecule has 0 saturated heterocycles. The summed E-state index contributed by atoms with van der Waals surface area (Å²) in [7, 11) is 0. The molecule has 25 heavy (non-hydrogen) atoms. The lowest BCUT2D eigenvalue weighted by Crippen LogP contribution is -2.36. The Hall–Kier alpha value is -2.90. The van der Waals surface area contributed by atoms with Gasteiger partial charge in [-0.2, -0.15) is 0 Å². The minimum Gasteiger partial charge on any atom is -0.359 e. The van der Waals surface area contributed by atoms with Gasteiger partial charge in [-0.1, -0.05) is 31.1 Å². The lowest BCUT2D eigenvalue weighted by Gasteiger charge is -2.09. The summed E-state index contributed by atoms with van der Waals surface area (Å²) in [6.45, 7) is 7.72. The molecule has 134 valence electrons. The Bertz CT molecular complexity index is 722. The molecule has 0 saturated carbocycles. The number of guanidine groups is 1. The number of aliphatic imine (C=N–C) groups is 1. The Morgan fingerprint density at radius 3 is 2.60 bits per heavy atom. The first-order valence-electron chi connectivity index (χ1n) is 8.20. The summed E-state index contributed by atoms with van der Waals surface area (Å²) in [4.78, 5) is 14.7. The fourth-order valence-electron chi connectivity index (χ4n) is 2.09. The highest BCUT2D eigenvalue weighted by atomic mass is 16.6. The average molecular weight is 345 g/mol. The van der Waals surface area contributed by atoms with Crippen molar-refractivity contribution in [3.63, 3.8) is 0 Å². The van der Waals surface area contributed by atoms with Crippen LogP contribution in [0.1, 0.15) is 43.7 Å². The van der Waals surface area contributed by atoms with E-state index in [4.69, 9.17) is 4.52 Å². The highest BCUT2D eigenvalue weighted by Crippen LogP contribution is 2.14. The third kappa shape index (κ3) is 5.59. The van der Waals surface area contributed by atoms with Crippen LogP contribution in [0.2, 0.25) is 0 Å². The van der Waals surface area contributed by atoms with Crippen LogP contribution in [0.25, 0.3) is 0 Å². The summed E-state index contributed by atoms with van der Waals surface area (Å²) in [6.07, 6.45) is 0. The molecule has 0 aliphatic heterocycles. The van der Waals surface area contributed by atoms with Crippen LogP contribution < -0.4 is 10.6 Å². The van der Waals surface area contributed by atoms with Crippen LogP contribution in [-0.4, -0.2) is 22.6 Å². The van der Waals surface area contributed by atoms with Crippen LogP contribution >= 0.6 is 0 Å². The SMILES string of the molecule is CCNC(=NCc1ccc([N+](=O)[O-])cc1)NCc1cc(C(C)C)no1. The molecule has 2 rings (SSSR count). The highest BCUT2D eigenvalue weighted by Gasteiger charge is 2.08. The summed E-state index contributed by atoms with van der Waals surface area (Å²) in [5, 5.41) is 21.0. The number of nitrogens with one attached hydrogen (secondary N) is 2. The zero-order chi connectivity index (χ0) is 18.2. The average Bonchev–Trinajstić information content (AvgIpc) is 3.07. The number of nitro benzene ring substituents is 1. The van der Waals surface area contributed by atoms with Crippen molar-refractivity contribution in [2.75, 3.05) is 6.54 Å². The van der Waals surface area contributed by atoms with Gasteiger partial charge in [-0.15, -0.1) is 0 Å². The van der Waals surface area contributed by atoms with Gasteiger partial charge < -0.3 is 15.2 Å². The van der Waals surface area contributed by atoms with Crippen LogP contribution in [0.3, 0.4) is 0 Å². The van der Waals surface area contributed by atoms with E-state index in [-0.39, 0.29) is 5.69 Å². The third-order valence-electron chi connectivity index (χ3n) is 3.51. The summed E-state index contributed by atoms with van der Waals surface area (Å²) in [6, 6.07) is 8.30. The summed E-state index contributed by atoms with van der Waals surface area (Å²) in [5.74, 6) is 1.70. The fraction of sp³-hybridized carbons (Fsp3) is 0.412. The topological polar surface area (TPSA) is 106 Å². The van der Waals surface area contributed by atoms with Crippen molar-refractivity contribution in [3.8, 4) is 0 Å². The van der Waals surface area contributed by atoms with Gasteiger partial charge in [-0.05, 0) is 18.4 Å². The molecule has 1 heterocycles. The molecule has 0 atom stereocenters. The van der Waals surface area contributed by atoms with E-state index >= 15 is 0 Å². The van der Waals surface area contributed by atoms with Gasteiger partial charge in [0.15, 0.2) is 11.7 Å². The van der Waals surface area contributed by atoms with Crippen LogP contribution in [0.5, 0.6) is 0 Å². The van der Waals surface area contributed by atoms with Crippen molar-refractivity contribution >= 4 is 11.6 Å². The van der Waals surface area contributed by atoms with Crippen molar-refractivity contribution in [1.82, 2.24) is 15.8 Å². The molecular weight excluding hydrogens is 322 g/mol. The standard InChI is InChI=1S/C17H23N5O3/c1-4-18-17(20-11-15-9-16(12(2)3)21-25-15)19-10-13-5-7-14(8-6-13)22(23)24/h5-9,12H,4,10-11H2,1-3H3,(H2,18,19,20). The van der Waals surface area contributed by atoms with Crippen LogP contribution in [0, 0.1) is 10.1 Å². The number of nitrogens with zero attached hydrogens (tertiary/aromatic N) is 3. The number of aromatic nitrogens is 1. The number of benzene rings is 1. The highest BCUT2D eigenvalue weighted by molar-refractivity contribution is 5.79. The number of hydrogen-bond donors (Lipinski definition) is 2. The number of non-ortho nitro benzene ring substituents is 1. The van der Waals surface area contributed by atoms with Crippen LogP contribution in [-0.2, 0) is 13.1 Å². The van der Waals surface area contributed by atoms with Gasteiger partial charge >= 0.3 is 0 Å². The third-order valence-corrected chi connectivity index (χ3v) is 3.51. The predicted molar refractivity (Wildman–Crippen MR) is 95.3 cm³/mol. The first-order chi connectivity index (χ1) is 12.0. The largest absolute Gasteiger partial charge is 0.359 e. The molecule has 1 aromatic carbocycles. The van der Waals surface area contributed by atoms with E-state index in [1.54, 1.807) is 12.1 Å². The van der Waals surface area contributed by atoms with Gasteiger partial charge in [-0.3, -0.25) is 10.1 Å². The maximum absolute atomic E-state index is 10.7. The van der Waals surface area contributed by atoms with Gasteiger partial charge in [0, 0.05) is 24.7 Å². The molecule has 2 aromatic rings. The van der Waals surface area contributed by atoms with Gasteiger partial charge in [0.1, 0.15) is 0 Å². The normalized spacial score (nSPS) is 11.6. The summed E-state index contributed by atoms with van der Waals surface area (Å²) >= 11 is 0. The molecule has 8 heteroatoms. The zero-order valence-electron chi connectivity index (χ0n) is 14.7. The minimum atomic E-state index is -0.415. The second-order valence-corrected chi connectivity index (χ2v) is 5.85. The van der Waals surface area contributed by atoms with E-state index in [0.717, 1.165) is 23.6 Å². The number of nitro groups is 1. The molecule has 2 N–H and O–H groups in total. The molecule has 0 bridgehead atoms. The van der Waals surface area contributed by atoms with E-state index in [9.17, 15) is 10.1 Å². The van der Waals surface area contributed by atoms with E-state index in [0.29, 0.717) is 25.0 Å². The molecule has 0 radical (unpaired) electrons. The lowest BCUT2D eigenvalue weighted by atomic mass is 10.1. The molecular formula is C17H23N5O3. The Morgan fingerprint density at radius 2 is 2.04 bits per heavy atom. The minimum absolute atomic E-state index is 0.0732. The second kappa shape index (κ2) is 8.81. The van der Waals surface area contributed by atoms with E-state index in [2.05, 4.69) is 34.6 Å². The zero-order valence-corrected chi connectivity index (χ0v) is 14.7. The number of rotatable bonds is 7. The molecule has 8 nitrogen and oxygen atoms in total. The monoisotopic (exact) mass is 345 g/mol. The van der Waals surface area contributed by atoms with Crippen molar-refractivity contribution < 1.29 is 9.45 Å². The quantitative estimate of drug-likeness (QED) is 0.346. The first-order valence-corrected chi connectivity index (χ1v) is 8.20. The van der Waals surface area contributed by atoms with Gasteiger partial charge in [0.25, 0.3) is 5.69 Å². The lowest BCUT2D eigenvalue weighted by molar-refractivity contribution is -0.384. The van der Waals surface area contributed by atoms with Crippen molar-refractivity contribution in [2.24, 2.45) is 4.99 Å².